The Morgan fingerprint density at radius 1 is 0.977 bits per heavy atom. The van der Waals surface area contributed by atoms with E-state index >= 15 is 0 Å². The second-order valence-corrected chi connectivity index (χ2v) is 15.5. The molecule has 0 radical (unpaired) electrons. The zero-order chi connectivity index (χ0) is 31.6. The first kappa shape index (κ1) is 31.0. The fourth-order valence-electron chi connectivity index (χ4n) is 10.5. The van der Waals surface area contributed by atoms with E-state index in [0.29, 0.717) is 24.0 Å². The summed E-state index contributed by atoms with van der Waals surface area (Å²) in [6.07, 6.45) is -1.71. The van der Waals surface area contributed by atoms with Crippen LogP contribution in [-0.2, 0) is 9.53 Å². The third kappa shape index (κ3) is 4.08. The quantitative estimate of drug-likeness (QED) is 0.275. The molecule has 4 fully saturated rings. The lowest BCUT2D eigenvalue weighted by molar-refractivity contribution is -0.177. The summed E-state index contributed by atoms with van der Waals surface area (Å²) in [5.74, 6) is -3.03. The molecule has 1 aromatic carbocycles. The number of fused-ring (bicyclic) bond motifs is 7. The number of hydrogen-bond acceptors (Lipinski definition) is 9. The molecule has 0 amide bonds. The highest BCUT2D eigenvalue weighted by Crippen LogP contribution is 2.71. The topological polar surface area (TPSA) is 168 Å². The molecular formula is C34H48O9. The molecule has 9 heteroatoms. The van der Waals surface area contributed by atoms with Crippen LogP contribution >= 0.6 is 0 Å². The van der Waals surface area contributed by atoms with Gasteiger partial charge in [-0.3, -0.25) is 4.79 Å². The number of allylic oxidation sites excluding steroid dienone is 1. The summed E-state index contributed by atoms with van der Waals surface area (Å²) in [5, 5.41) is 78.7. The second-order valence-electron chi connectivity index (χ2n) is 15.5. The van der Waals surface area contributed by atoms with Gasteiger partial charge in [-0.1, -0.05) is 34.6 Å². The Morgan fingerprint density at radius 2 is 1.60 bits per heavy atom. The highest BCUT2D eigenvalue weighted by Gasteiger charge is 2.75. The number of benzene rings is 1. The number of ketones is 1. The van der Waals surface area contributed by atoms with Crippen LogP contribution in [0.2, 0.25) is 0 Å². The van der Waals surface area contributed by atoms with Crippen LogP contribution in [0.5, 0.6) is 11.5 Å². The number of phenols is 2. The smallest absolute Gasteiger partial charge is 0.160 e. The largest absolute Gasteiger partial charge is 0.508 e. The van der Waals surface area contributed by atoms with Gasteiger partial charge in [-0.05, 0) is 78.7 Å². The van der Waals surface area contributed by atoms with Crippen molar-refractivity contribution in [2.75, 3.05) is 0 Å². The lowest BCUT2D eigenvalue weighted by Gasteiger charge is -2.61. The van der Waals surface area contributed by atoms with E-state index in [-0.39, 0.29) is 47.9 Å². The van der Waals surface area contributed by atoms with E-state index in [0.717, 1.165) is 0 Å². The average molecular weight is 601 g/mol. The molecule has 1 aliphatic heterocycles. The highest BCUT2D eigenvalue weighted by molar-refractivity contribution is 5.96. The molecule has 0 spiro atoms. The van der Waals surface area contributed by atoms with Crippen LogP contribution in [0.15, 0.2) is 29.8 Å². The van der Waals surface area contributed by atoms with Gasteiger partial charge in [-0.2, -0.15) is 0 Å². The Morgan fingerprint density at radius 3 is 2.21 bits per heavy atom. The summed E-state index contributed by atoms with van der Waals surface area (Å²) >= 11 is 0. The summed E-state index contributed by atoms with van der Waals surface area (Å²) in [4.78, 5) is 14.2. The van der Waals surface area contributed by atoms with E-state index < -0.39 is 70.3 Å². The van der Waals surface area contributed by atoms with Crippen LogP contribution in [-0.4, -0.2) is 83.3 Å². The molecule has 9 nitrogen and oxygen atoms in total. The van der Waals surface area contributed by atoms with Gasteiger partial charge < -0.3 is 40.5 Å². The van der Waals surface area contributed by atoms with Crippen molar-refractivity contribution in [3.8, 4) is 11.5 Å². The second kappa shape index (κ2) is 9.74. The molecule has 3 saturated carbocycles. The summed E-state index contributed by atoms with van der Waals surface area (Å²) in [6, 6.07) is 3.99. The van der Waals surface area contributed by atoms with E-state index in [1.165, 1.54) is 24.3 Å². The van der Waals surface area contributed by atoms with Crippen molar-refractivity contribution in [1.29, 1.82) is 0 Å². The Bertz CT molecular complexity index is 1320. The number of ether oxygens (including phenoxy) is 1. The van der Waals surface area contributed by atoms with Gasteiger partial charge in [0.1, 0.15) is 17.6 Å². The van der Waals surface area contributed by atoms with Crippen molar-refractivity contribution in [2.24, 2.45) is 40.4 Å². The molecular weight excluding hydrogens is 552 g/mol. The van der Waals surface area contributed by atoms with Crippen molar-refractivity contribution in [3.05, 3.63) is 35.4 Å². The van der Waals surface area contributed by atoms with Crippen molar-refractivity contribution in [1.82, 2.24) is 0 Å². The number of aliphatic hydroxyl groups excluding tert-OH is 3. The number of hydrogen-bond donors (Lipinski definition) is 7. The van der Waals surface area contributed by atoms with Gasteiger partial charge in [0.2, 0.25) is 0 Å². The van der Waals surface area contributed by atoms with Crippen LogP contribution in [0.25, 0.3) is 0 Å². The summed E-state index contributed by atoms with van der Waals surface area (Å²) in [6.45, 7) is 11.6. The number of carbonyl (C=O) groups is 1. The summed E-state index contributed by atoms with van der Waals surface area (Å²) < 4.78 is 6.43. The van der Waals surface area contributed by atoms with Crippen molar-refractivity contribution >= 4 is 5.78 Å². The van der Waals surface area contributed by atoms with Gasteiger partial charge in [0.15, 0.2) is 5.78 Å². The lowest BCUT2D eigenvalue weighted by Crippen LogP contribution is -2.64. The third-order valence-corrected chi connectivity index (χ3v) is 12.9. The molecule has 43 heavy (non-hydrogen) atoms. The van der Waals surface area contributed by atoms with Gasteiger partial charge in [0, 0.05) is 35.7 Å². The van der Waals surface area contributed by atoms with Gasteiger partial charge >= 0.3 is 0 Å². The number of phenolic OH excluding ortho intramolecular Hbond substituents is 2. The molecule has 14 atom stereocenters. The Balaban J connectivity index is 1.40. The summed E-state index contributed by atoms with van der Waals surface area (Å²) in [7, 11) is 0. The van der Waals surface area contributed by atoms with Crippen LogP contribution in [0, 0.1) is 40.4 Å². The number of aromatic hydroxyl groups is 2. The van der Waals surface area contributed by atoms with Crippen molar-refractivity contribution in [2.45, 2.75) is 115 Å². The number of aliphatic hydroxyl groups is 5. The van der Waals surface area contributed by atoms with Crippen LogP contribution in [0.4, 0.5) is 0 Å². The molecule has 6 rings (SSSR count). The molecule has 7 N–H and O–H groups in total. The molecule has 0 bridgehead atoms. The molecule has 1 saturated heterocycles. The Hall–Kier alpha value is -2.01. The standard InChI is InChI=1S/C34H48O9/c1-15(2)16(3)27(39)30-33(6,41)29-24(43-30)14-34(42)21-12-22(37)26-25(17-9-18(35)11-19(36)10-17)28(40)23(38)13-31(26,4)20(21)7-8-32(29,34)5/h9-12,15-16,20,23-30,35-36,38-42H,7-8,13-14H2,1-6H3/t16-,20+,23-,24-,25-,26-,27-,28-,29+,30+,31+,32+,33+,34-/m0/s1. The molecule has 0 unspecified atom stereocenters. The fraction of sp³-hybridized carbons (Fsp3) is 0.735. The van der Waals surface area contributed by atoms with Crippen LogP contribution in [0.1, 0.15) is 78.7 Å². The minimum atomic E-state index is -1.46. The van der Waals surface area contributed by atoms with E-state index in [1.54, 1.807) is 6.92 Å². The predicted molar refractivity (Wildman–Crippen MR) is 157 cm³/mol. The zero-order valence-corrected chi connectivity index (χ0v) is 25.9. The van der Waals surface area contributed by atoms with E-state index in [2.05, 4.69) is 0 Å². The van der Waals surface area contributed by atoms with Crippen LogP contribution in [0.3, 0.4) is 0 Å². The normalized spacial score (nSPS) is 48.7. The van der Waals surface area contributed by atoms with Gasteiger partial charge in [0.25, 0.3) is 0 Å². The fourth-order valence-corrected chi connectivity index (χ4v) is 10.5. The lowest BCUT2D eigenvalue weighted by atomic mass is 9.44. The summed E-state index contributed by atoms with van der Waals surface area (Å²) in [5.41, 5.74) is -3.60. The Labute approximate surface area is 253 Å². The molecule has 5 aliphatic rings. The first-order valence-corrected chi connectivity index (χ1v) is 15.8. The maximum atomic E-state index is 14.2. The molecule has 238 valence electrons. The molecule has 4 aliphatic carbocycles. The maximum absolute atomic E-state index is 14.2. The van der Waals surface area contributed by atoms with Crippen LogP contribution < -0.4 is 0 Å². The monoisotopic (exact) mass is 600 g/mol. The van der Waals surface area contributed by atoms with Gasteiger partial charge in [-0.15, -0.1) is 0 Å². The van der Waals surface area contributed by atoms with Crippen molar-refractivity contribution < 1.29 is 45.3 Å². The molecule has 1 heterocycles. The van der Waals surface area contributed by atoms with E-state index in [4.69, 9.17) is 4.74 Å². The van der Waals surface area contributed by atoms with E-state index in [9.17, 15) is 40.5 Å². The SMILES string of the molecule is CC(C)[C@H](C)[C@H](O)[C@H]1O[C@H]2C[C@]3(O)C4=CC(=O)[C@H]5[C@H](c6cc(O)cc(O)c6)[C@@H](O)[C@@H](O)C[C@]5(C)[C@@H]4CC[C@]3(C)[C@@H]2[C@@]1(C)O. The van der Waals surface area contributed by atoms with E-state index in [1.807, 2.05) is 34.6 Å². The molecule has 0 aromatic heterocycles. The molecule has 1 aromatic rings. The maximum Gasteiger partial charge on any atom is 0.160 e. The first-order valence-electron chi connectivity index (χ1n) is 15.8. The van der Waals surface area contributed by atoms with Gasteiger partial charge in [0.05, 0.1) is 35.6 Å². The average Bonchev–Trinajstić information content (AvgIpc) is 3.30. The minimum absolute atomic E-state index is 0.109. The number of rotatable bonds is 4. The minimum Gasteiger partial charge on any atom is -0.508 e. The predicted octanol–water partition coefficient (Wildman–Crippen LogP) is 2.78. The highest BCUT2D eigenvalue weighted by atomic mass is 16.5. The third-order valence-electron chi connectivity index (χ3n) is 12.9. The van der Waals surface area contributed by atoms with Crippen molar-refractivity contribution in [3.63, 3.8) is 0 Å². The van der Waals surface area contributed by atoms with Gasteiger partial charge in [-0.25, -0.2) is 0 Å². The first-order chi connectivity index (χ1) is 19.9. The zero-order valence-electron chi connectivity index (χ0n) is 25.9. The Kier molecular flexibility index (Phi) is 7.02. The number of carbonyl (C=O) groups excluding carboxylic acids is 1.